The van der Waals surface area contributed by atoms with Crippen LogP contribution in [0.15, 0.2) is 24.5 Å². The standard InChI is InChI=1S/C14H19N5/c1-14(2,3)13-18-17-12-11(16-8-9-19(12)13)10-4-6-15-7-5-10/h4-7,11,16H,8-9H2,1-3H3. The van der Waals surface area contributed by atoms with Crippen LogP contribution in [0.25, 0.3) is 0 Å². The fraction of sp³-hybridized carbons (Fsp3) is 0.500. The van der Waals surface area contributed by atoms with E-state index in [1.165, 1.54) is 5.56 Å². The van der Waals surface area contributed by atoms with Gasteiger partial charge in [-0.25, -0.2) is 0 Å². The van der Waals surface area contributed by atoms with Crippen molar-refractivity contribution in [2.24, 2.45) is 0 Å². The topological polar surface area (TPSA) is 55.6 Å². The first-order valence-corrected chi connectivity index (χ1v) is 6.64. The van der Waals surface area contributed by atoms with Crippen LogP contribution in [0, 0.1) is 0 Å². The molecule has 0 aliphatic carbocycles. The fourth-order valence-electron chi connectivity index (χ4n) is 2.54. The van der Waals surface area contributed by atoms with Gasteiger partial charge in [-0.15, -0.1) is 10.2 Å². The molecule has 2 aromatic heterocycles. The lowest BCUT2D eigenvalue weighted by Crippen LogP contribution is -2.36. The second kappa shape index (κ2) is 4.42. The van der Waals surface area contributed by atoms with Gasteiger partial charge < -0.3 is 9.88 Å². The highest BCUT2D eigenvalue weighted by Crippen LogP contribution is 2.28. The molecular formula is C14H19N5. The van der Waals surface area contributed by atoms with Crippen molar-refractivity contribution >= 4 is 0 Å². The Kier molecular flexibility index (Phi) is 2.86. The maximum Gasteiger partial charge on any atom is 0.154 e. The molecule has 3 rings (SSSR count). The van der Waals surface area contributed by atoms with Crippen molar-refractivity contribution in [1.82, 2.24) is 25.1 Å². The lowest BCUT2D eigenvalue weighted by atomic mass is 9.95. The van der Waals surface area contributed by atoms with Crippen molar-refractivity contribution in [3.63, 3.8) is 0 Å². The molecule has 5 nitrogen and oxygen atoms in total. The van der Waals surface area contributed by atoms with Crippen LogP contribution >= 0.6 is 0 Å². The summed E-state index contributed by atoms with van der Waals surface area (Å²) < 4.78 is 2.25. The van der Waals surface area contributed by atoms with Gasteiger partial charge in [0, 0.05) is 30.9 Å². The van der Waals surface area contributed by atoms with Gasteiger partial charge in [0.15, 0.2) is 5.82 Å². The van der Waals surface area contributed by atoms with Gasteiger partial charge in [-0.3, -0.25) is 4.98 Å². The van der Waals surface area contributed by atoms with E-state index in [2.05, 4.69) is 45.8 Å². The molecule has 0 aromatic carbocycles. The number of hydrogen-bond acceptors (Lipinski definition) is 4. The van der Waals surface area contributed by atoms with E-state index in [1.54, 1.807) is 0 Å². The van der Waals surface area contributed by atoms with Crippen LogP contribution in [0.5, 0.6) is 0 Å². The molecule has 0 amide bonds. The number of pyridine rings is 1. The van der Waals surface area contributed by atoms with Gasteiger partial charge in [-0.1, -0.05) is 20.8 Å². The van der Waals surface area contributed by atoms with Crippen LogP contribution in [0.3, 0.4) is 0 Å². The van der Waals surface area contributed by atoms with Gasteiger partial charge in [0.25, 0.3) is 0 Å². The Balaban J connectivity index is 2.05. The Morgan fingerprint density at radius 2 is 1.95 bits per heavy atom. The van der Waals surface area contributed by atoms with Crippen LogP contribution in [0.1, 0.15) is 44.0 Å². The summed E-state index contributed by atoms with van der Waals surface area (Å²) in [4.78, 5) is 4.07. The summed E-state index contributed by atoms with van der Waals surface area (Å²) in [5.74, 6) is 2.06. The van der Waals surface area contributed by atoms with Crippen LogP contribution in [0.4, 0.5) is 0 Å². The van der Waals surface area contributed by atoms with Crippen LogP contribution in [-0.4, -0.2) is 26.3 Å². The van der Waals surface area contributed by atoms with Gasteiger partial charge in [-0.2, -0.15) is 0 Å². The molecule has 0 spiro atoms. The molecule has 0 radical (unpaired) electrons. The van der Waals surface area contributed by atoms with Crippen LogP contribution < -0.4 is 5.32 Å². The highest BCUT2D eigenvalue weighted by molar-refractivity contribution is 5.25. The van der Waals surface area contributed by atoms with Crippen molar-refractivity contribution in [3.05, 3.63) is 41.7 Å². The fourth-order valence-corrected chi connectivity index (χ4v) is 2.54. The number of nitrogens with one attached hydrogen (secondary N) is 1. The molecule has 1 atom stereocenters. The zero-order valence-electron chi connectivity index (χ0n) is 11.6. The molecule has 0 saturated carbocycles. The van der Waals surface area contributed by atoms with Gasteiger partial charge in [0.2, 0.25) is 0 Å². The van der Waals surface area contributed by atoms with Crippen molar-refractivity contribution < 1.29 is 0 Å². The normalized spacial score (nSPS) is 19.2. The highest BCUT2D eigenvalue weighted by Gasteiger charge is 2.30. The minimum Gasteiger partial charge on any atom is -0.312 e. The molecule has 3 heterocycles. The molecule has 1 unspecified atom stereocenters. The Morgan fingerprint density at radius 1 is 1.21 bits per heavy atom. The first-order chi connectivity index (χ1) is 9.07. The minimum absolute atomic E-state index is 0.0192. The van der Waals surface area contributed by atoms with E-state index in [9.17, 15) is 0 Å². The molecular weight excluding hydrogens is 238 g/mol. The monoisotopic (exact) mass is 257 g/mol. The third-order valence-electron chi connectivity index (χ3n) is 3.43. The average Bonchev–Trinajstić information content (AvgIpc) is 2.83. The SMILES string of the molecule is CC(C)(C)c1nnc2n1CCNC2c1ccncc1. The van der Waals surface area contributed by atoms with E-state index in [4.69, 9.17) is 0 Å². The van der Waals surface area contributed by atoms with Crippen LogP contribution in [-0.2, 0) is 12.0 Å². The molecule has 5 heteroatoms. The molecule has 2 aromatic rings. The first kappa shape index (κ1) is 12.3. The Labute approximate surface area is 113 Å². The van der Waals surface area contributed by atoms with E-state index >= 15 is 0 Å². The smallest absolute Gasteiger partial charge is 0.154 e. The largest absolute Gasteiger partial charge is 0.312 e. The molecule has 0 saturated heterocycles. The Bertz CT molecular complexity index is 567. The predicted octanol–water partition coefficient (Wildman–Crippen LogP) is 1.66. The van der Waals surface area contributed by atoms with E-state index < -0.39 is 0 Å². The first-order valence-electron chi connectivity index (χ1n) is 6.64. The molecule has 0 fully saturated rings. The van der Waals surface area contributed by atoms with Gasteiger partial charge in [-0.05, 0) is 17.7 Å². The zero-order chi connectivity index (χ0) is 13.5. The molecule has 0 bridgehead atoms. The lowest BCUT2D eigenvalue weighted by molar-refractivity contribution is 0.420. The van der Waals surface area contributed by atoms with Crippen LogP contribution in [0.2, 0.25) is 0 Å². The number of aromatic nitrogens is 4. The maximum atomic E-state index is 4.41. The van der Waals surface area contributed by atoms with Crippen molar-refractivity contribution in [1.29, 1.82) is 0 Å². The summed E-state index contributed by atoms with van der Waals surface area (Å²) >= 11 is 0. The maximum absolute atomic E-state index is 4.41. The summed E-state index contributed by atoms with van der Waals surface area (Å²) in [5, 5.41) is 12.3. The van der Waals surface area contributed by atoms with Gasteiger partial charge in [0.1, 0.15) is 5.82 Å². The Hall–Kier alpha value is -1.75. The highest BCUT2D eigenvalue weighted by atomic mass is 15.3. The molecule has 100 valence electrons. The molecule has 19 heavy (non-hydrogen) atoms. The number of nitrogens with zero attached hydrogens (tertiary/aromatic N) is 4. The summed E-state index contributed by atoms with van der Waals surface area (Å²) in [6.45, 7) is 8.38. The number of rotatable bonds is 1. The number of hydrogen-bond donors (Lipinski definition) is 1. The summed E-state index contributed by atoms with van der Waals surface area (Å²) in [6, 6.07) is 4.16. The van der Waals surface area contributed by atoms with Crippen molar-refractivity contribution in [3.8, 4) is 0 Å². The number of fused-ring (bicyclic) bond motifs is 1. The van der Waals surface area contributed by atoms with E-state index in [1.807, 2.05) is 24.5 Å². The summed E-state index contributed by atoms with van der Waals surface area (Å²) in [6.07, 6.45) is 3.63. The van der Waals surface area contributed by atoms with Gasteiger partial charge >= 0.3 is 0 Å². The van der Waals surface area contributed by atoms with Gasteiger partial charge in [0.05, 0.1) is 6.04 Å². The second-order valence-electron chi connectivity index (χ2n) is 5.95. The summed E-state index contributed by atoms with van der Waals surface area (Å²) in [5.41, 5.74) is 1.20. The summed E-state index contributed by atoms with van der Waals surface area (Å²) in [7, 11) is 0. The van der Waals surface area contributed by atoms with E-state index in [0.717, 1.165) is 24.7 Å². The molecule has 1 aliphatic heterocycles. The molecule has 1 N–H and O–H groups in total. The minimum atomic E-state index is 0.0192. The third-order valence-corrected chi connectivity index (χ3v) is 3.43. The predicted molar refractivity (Wildman–Crippen MR) is 72.8 cm³/mol. The third kappa shape index (κ3) is 2.14. The van der Waals surface area contributed by atoms with E-state index in [0.29, 0.717) is 0 Å². The zero-order valence-corrected chi connectivity index (χ0v) is 11.6. The van der Waals surface area contributed by atoms with Crippen molar-refractivity contribution in [2.45, 2.75) is 38.8 Å². The van der Waals surface area contributed by atoms with E-state index in [-0.39, 0.29) is 11.5 Å². The van der Waals surface area contributed by atoms with Crippen molar-refractivity contribution in [2.75, 3.05) is 6.54 Å². The molecule has 1 aliphatic rings. The quantitative estimate of drug-likeness (QED) is 0.844. The lowest BCUT2D eigenvalue weighted by Gasteiger charge is -2.27. The average molecular weight is 257 g/mol. The second-order valence-corrected chi connectivity index (χ2v) is 5.95. The Morgan fingerprint density at radius 3 is 2.63 bits per heavy atom.